The van der Waals surface area contributed by atoms with Crippen molar-refractivity contribution in [2.45, 2.75) is 82.5 Å². The average molecular weight is 699 g/mol. The van der Waals surface area contributed by atoms with Gasteiger partial charge in [-0.25, -0.2) is 8.42 Å². The third-order valence-electron chi connectivity index (χ3n) is 9.54. The number of alkyl halides is 3. The molecule has 4 heterocycles. The molecule has 47 heavy (non-hydrogen) atoms. The minimum absolute atomic E-state index is 0.113. The van der Waals surface area contributed by atoms with Crippen molar-refractivity contribution >= 4 is 27.7 Å². The number of nitrogens with zero attached hydrogens (tertiary/aromatic N) is 5. The van der Waals surface area contributed by atoms with E-state index < -0.39 is 21.8 Å². The molecule has 0 aliphatic carbocycles. The van der Waals surface area contributed by atoms with Crippen LogP contribution < -0.4 is 5.32 Å². The van der Waals surface area contributed by atoms with Gasteiger partial charge in [0.05, 0.1) is 17.5 Å². The fourth-order valence-electron chi connectivity index (χ4n) is 6.94. The summed E-state index contributed by atoms with van der Waals surface area (Å²) in [7, 11) is -3.46. The average Bonchev–Trinajstić information content (AvgIpc) is 3.42. The maximum atomic E-state index is 14.0. The van der Waals surface area contributed by atoms with E-state index in [1.54, 1.807) is 6.07 Å². The Morgan fingerprint density at radius 2 is 1.79 bits per heavy atom. The number of nitrogens with one attached hydrogen (secondary N) is 1. The molecule has 0 atom stereocenters. The predicted molar refractivity (Wildman–Crippen MR) is 180 cm³/mol. The third-order valence-corrected chi connectivity index (χ3v) is 11.8. The molecular formula is C33H49F3N6O3S2. The number of rotatable bonds is 13. The van der Waals surface area contributed by atoms with Crippen LogP contribution in [0.2, 0.25) is 0 Å². The maximum Gasteiger partial charge on any atom is 0.417 e. The highest BCUT2D eigenvalue weighted by Crippen LogP contribution is 2.40. The van der Waals surface area contributed by atoms with E-state index in [1.165, 1.54) is 34.8 Å². The number of aryl methyl sites for hydroxylation is 1. The molecule has 3 aliphatic heterocycles. The van der Waals surface area contributed by atoms with Gasteiger partial charge in [-0.15, -0.1) is 11.8 Å². The highest BCUT2D eigenvalue weighted by atomic mass is 32.2. The Balaban J connectivity index is 1.29. The fraction of sp³-hybridized carbons (Fsp3) is 0.697. The summed E-state index contributed by atoms with van der Waals surface area (Å²) in [6.45, 7) is 8.96. The molecule has 1 aromatic carbocycles. The maximum absolute atomic E-state index is 14.0. The van der Waals surface area contributed by atoms with E-state index in [4.69, 9.17) is 5.10 Å². The Morgan fingerprint density at radius 3 is 2.47 bits per heavy atom. The number of hydrogen-bond acceptors (Lipinski definition) is 7. The second-order valence-electron chi connectivity index (χ2n) is 13.0. The van der Waals surface area contributed by atoms with Gasteiger partial charge in [-0.1, -0.05) is 13.0 Å². The number of amides is 1. The first-order valence-electron chi connectivity index (χ1n) is 17.1. The first-order chi connectivity index (χ1) is 22.5. The van der Waals surface area contributed by atoms with Crippen molar-refractivity contribution in [1.29, 1.82) is 0 Å². The van der Waals surface area contributed by atoms with E-state index in [9.17, 15) is 26.4 Å². The van der Waals surface area contributed by atoms with Gasteiger partial charge in [0.2, 0.25) is 15.9 Å². The van der Waals surface area contributed by atoms with E-state index in [-0.39, 0.29) is 17.4 Å². The smallest absolute Gasteiger partial charge is 0.342 e. The minimum atomic E-state index is -4.49. The molecule has 0 saturated carbocycles. The van der Waals surface area contributed by atoms with Crippen LogP contribution in [0.25, 0.3) is 11.3 Å². The number of hydrogen-bond donors (Lipinski definition) is 1. The van der Waals surface area contributed by atoms with Crippen LogP contribution in [0.4, 0.5) is 13.2 Å². The van der Waals surface area contributed by atoms with Gasteiger partial charge >= 0.3 is 6.18 Å². The molecule has 0 unspecified atom stereocenters. The monoisotopic (exact) mass is 698 g/mol. The van der Waals surface area contributed by atoms with Gasteiger partial charge in [0.25, 0.3) is 0 Å². The first kappa shape index (κ1) is 36.2. The number of halogens is 3. The van der Waals surface area contributed by atoms with Crippen LogP contribution in [0.15, 0.2) is 23.1 Å². The van der Waals surface area contributed by atoms with Crippen molar-refractivity contribution in [2.75, 3.05) is 64.4 Å². The van der Waals surface area contributed by atoms with Crippen molar-refractivity contribution in [3.8, 4) is 11.3 Å². The lowest BCUT2D eigenvalue weighted by atomic mass is 9.94. The number of aromatic nitrogens is 2. The van der Waals surface area contributed by atoms with Gasteiger partial charge in [-0.2, -0.15) is 22.6 Å². The van der Waals surface area contributed by atoms with Crippen molar-refractivity contribution in [2.24, 2.45) is 5.92 Å². The Kier molecular flexibility index (Phi) is 12.3. The molecule has 3 aliphatic rings. The summed E-state index contributed by atoms with van der Waals surface area (Å²) in [6, 6.07) is 4.15. The summed E-state index contributed by atoms with van der Waals surface area (Å²) >= 11 is 1.17. The van der Waals surface area contributed by atoms with Gasteiger partial charge in [0.1, 0.15) is 0 Å². The molecule has 2 aromatic rings. The molecule has 0 bridgehead atoms. The van der Waals surface area contributed by atoms with E-state index in [0.717, 1.165) is 95.1 Å². The van der Waals surface area contributed by atoms with Crippen LogP contribution in [0, 0.1) is 5.92 Å². The van der Waals surface area contributed by atoms with Crippen LogP contribution in [0.1, 0.15) is 68.7 Å². The van der Waals surface area contributed by atoms with E-state index >= 15 is 0 Å². The first-order valence-corrected chi connectivity index (χ1v) is 19.9. The summed E-state index contributed by atoms with van der Waals surface area (Å²) in [6.07, 6.45) is 4.13. The lowest BCUT2D eigenvalue weighted by Crippen LogP contribution is -2.44. The molecular weight excluding hydrogens is 650 g/mol. The number of benzene rings is 1. The molecule has 1 N–H and O–H groups in total. The highest BCUT2D eigenvalue weighted by Gasteiger charge is 2.35. The van der Waals surface area contributed by atoms with Crippen molar-refractivity contribution in [1.82, 2.24) is 29.2 Å². The van der Waals surface area contributed by atoms with Crippen molar-refractivity contribution in [3.63, 3.8) is 0 Å². The van der Waals surface area contributed by atoms with Crippen LogP contribution >= 0.6 is 11.8 Å². The molecule has 2 fully saturated rings. The zero-order chi connectivity index (χ0) is 33.6. The van der Waals surface area contributed by atoms with E-state index in [2.05, 4.69) is 15.1 Å². The second kappa shape index (κ2) is 16.1. The standard InChI is InChI=1S/C33H49F3N6O3S2/c1-3-13-37-14-22-46-30-23-26(8-9-28(30)33(34,35)36)31-27-24-41(47(2,44)45)21-12-29(27)42(38-31)18-7-15-39-19-10-25(11-20-39)32(43)40-16-5-4-6-17-40/h8-9,23,25,37H,3-7,10-22,24H2,1-2H3. The predicted octanol–water partition coefficient (Wildman–Crippen LogP) is 5.09. The van der Waals surface area contributed by atoms with Gasteiger partial charge < -0.3 is 15.1 Å². The van der Waals surface area contributed by atoms with Gasteiger partial charge in [0.15, 0.2) is 0 Å². The molecule has 9 nitrogen and oxygen atoms in total. The molecule has 5 rings (SSSR count). The molecule has 2 saturated heterocycles. The number of carbonyl (C=O) groups is 1. The second-order valence-corrected chi connectivity index (χ2v) is 16.1. The van der Waals surface area contributed by atoms with Crippen LogP contribution in [-0.2, 0) is 40.5 Å². The molecule has 0 radical (unpaired) electrons. The van der Waals surface area contributed by atoms with Gasteiger partial charge in [0, 0.05) is 79.1 Å². The number of fused-ring (bicyclic) bond motifs is 1. The van der Waals surface area contributed by atoms with E-state index in [1.807, 2.05) is 11.6 Å². The van der Waals surface area contributed by atoms with Crippen molar-refractivity contribution < 1.29 is 26.4 Å². The Labute approximate surface area is 281 Å². The fourth-order valence-corrected chi connectivity index (χ4v) is 8.75. The Bertz CT molecular complexity index is 1470. The Morgan fingerprint density at radius 1 is 1.04 bits per heavy atom. The topological polar surface area (TPSA) is 90.8 Å². The van der Waals surface area contributed by atoms with Gasteiger partial charge in [-0.05, 0) is 83.3 Å². The summed E-state index contributed by atoms with van der Waals surface area (Å²) in [5.74, 6) is 0.924. The number of thioether (sulfide) groups is 1. The highest BCUT2D eigenvalue weighted by molar-refractivity contribution is 7.99. The Hall–Kier alpha value is -2.13. The number of piperidine rings is 2. The third kappa shape index (κ3) is 9.31. The van der Waals surface area contributed by atoms with E-state index in [0.29, 0.717) is 49.0 Å². The summed E-state index contributed by atoms with van der Waals surface area (Å²) < 4.78 is 70.2. The molecule has 1 amide bonds. The summed E-state index contributed by atoms with van der Waals surface area (Å²) in [5, 5.41) is 8.16. The lowest BCUT2D eigenvalue weighted by Gasteiger charge is -2.35. The molecule has 0 spiro atoms. The molecule has 262 valence electrons. The molecule has 14 heteroatoms. The largest absolute Gasteiger partial charge is 0.417 e. The number of carbonyl (C=O) groups excluding carboxylic acids is 1. The minimum Gasteiger partial charge on any atom is -0.342 e. The number of likely N-dealkylation sites (tertiary alicyclic amines) is 2. The van der Waals surface area contributed by atoms with Crippen LogP contribution in [0.5, 0.6) is 0 Å². The quantitative estimate of drug-likeness (QED) is 0.230. The van der Waals surface area contributed by atoms with Crippen LogP contribution in [-0.4, -0.2) is 103 Å². The van der Waals surface area contributed by atoms with Crippen LogP contribution in [0.3, 0.4) is 0 Å². The van der Waals surface area contributed by atoms with Gasteiger partial charge in [-0.3, -0.25) is 9.48 Å². The SMILES string of the molecule is CCCNCCSc1cc(-c2nn(CCCN3CCC(C(=O)N4CCCCC4)CC3)c3c2CN(S(C)(=O)=O)CC3)ccc1C(F)(F)F. The summed E-state index contributed by atoms with van der Waals surface area (Å²) in [4.78, 5) is 17.6. The van der Waals surface area contributed by atoms with Crippen molar-refractivity contribution in [3.05, 3.63) is 35.0 Å². The zero-order valence-electron chi connectivity index (χ0n) is 27.7. The zero-order valence-corrected chi connectivity index (χ0v) is 29.3. The number of sulfonamides is 1. The summed E-state index contributed by atoms with van der Waals surface area (Å²) in [5.41, 5.74) is 2.15. The lowest BCUT2D eigenvalue weighted by molar-refractivity contribution is -0.140. The normalized spacial score (nSPS) is 18.9. The molecule has 1 aromatic heterocycles.